The van der Waals surface area contributed by atoms with Gasteiger partial charge >= 0.3 is 0 Å². The van der Waals surface area contributed by atoms with Crippen LogP contribution in [0.1, 0.15) is 22.9 Å². The molecule has 4 nitrogen and oxygen atoms in total. The van der Waals surface area contributed by atoms with Crippen LogP contribution in [0.3, 0.4) is 0 Å². The molecule has 54 heavy (non-hydrogen) atoms. The van der Waals surface area contributed by atoms with Gasteiger partial charge in [0.15, 0.2) is 5.84 Å². The van der Waals surface area contributed by atoms with Gasteiger partial charge in [0.2, 0.25) is 0 Å². The second kappa shape index (κ2) is 12.6. The van der Waals surface area contributed by atoms with E-state index in [-0.39, 0.29) is 6.17 Å². The second-order valence-corrected chi connectivity index (χ2v) is 15.7. The minimum atomic E-state index is -0.291. The predicted octanol–water partition coefficient (Wildman–Crippen LogP) is 12.8. The number of para-hydroxylation sites is 1. The number of nitrogens with one attached hydrogen (secondary N) is 1. The van der Waals surface area contributed by atoms with E-state index in [4.69, 9.17) is 15.0 Å². The third-order valence-electron chi connectivity index (χ3n) is 10.3. The average molecular weight is 727 g/mol. The van der Waals surface area contributed by atoms with E-state index >= 15 is 0 Å². The molecule has 4 heterocycles. The minimum absolute atomic E-state index is 0.291. The summed E-state index contributed by atoms with van der Waals surface area (Å²) in [5.74, 6) is 1.50. The fourth-order valence-corrected chi connectivity index (χ4v) is 10.2. The number of thiophene rings is 2. The SMILES string of the molecule is c1ccc(-c2nc3ccccc3c3sc4ccc(C5=NC(c6ccccc6)NC(c6ccc(-c7cccc8c7sc7ccccc78)cc6)=N5)cc4c23)cc1. The highest BCUT2D eigenvalue weighted by Gasteiger charge is 2.23. The van der Waals surface area contributed by atoms with Crippen molar-refractivity contribution in [2.75, 3.05) is 0 Å². The Kier molecular flexibility index (Phi) is 7.25. The van der Waals surface area contributed by atoms with E-state index < -0.39 is 0 Å². The van der Waals surface area contributed by atoms with Gasteiger partial charge in [0.25, 0.3) is 0 Å². The van der Waals surface area contributed by atoms with E-state index in [2.05, 4.69) is 169 Å². The van der Waals surface area contributed by atoms with Crippen molar-refractivity contribution in [3.05, 3.63) is 187 Å². The highest BCUT2D eigenvalue weighted by molar-refractivity contribution is 7.27. The monoisotopic (exact) mass is 726 g/mol. The normalized spacial score (nSPS) is 14.5. The van der Waals surface area contributed by atoms with Crippen LogP contribution in [0.25, 0.3) is 73.6 Å². The molecule has 0 amide bonds. The molecule has 1 atom stereocenters. The Labute approximate surface area is 319 Å². The van der Waals surface area contributed by atoms with Crippen LogP contribution in [0.15, 0.2) is 180 Å². The zero-order chi connectivity index (χ0) is 35.6. The van der Waals surface area contributed by atoms with Crippen LogP contribution in [0.4, 0.5) is 0 Å². The Morgan fingerprint density at radius 3 is 2.00 bits per heavy atom. The lowest BCUT2D eigenvalue weighted by Crippen LogP contribution is -2.33. The molecule has 1 aliphatic heterocycles. The Hall–Kier alpha value is -6.47. The molecule has 0 bridgehead atoms. The van der Waals surface area contributed by atoms with Crippen molar-refractivity contribution in [3.8, 4) is 22.4 Å². The molecule has 0 saturated heterocycles. The molecule has 11 rings (SSSR count). The Morgan fingerprint density at radius 2 is 1.15 bits per heavy atom. The van der Waals surface area contributed by atoms with E-state index in [1.807, 2.05) is 28.7 Å². The van der Waals surface area contributed by atoms with Crippen LogP contribution >= 0.6 is 22.7 Å². The molecule has 1 N–H and O–H groups in total. The Morgan fingerprint density at radius 1 is 0.481 bits per heavy atom. The average Bonchev–Trinajstić information content (AvgIpc) is 3.83. The van der Waals surface area contributed by atoms with E-state index in [1.54, 1.807) is 0 Å². The summed E-state index contributed by atoms with van der Waals surface area (Å²) in [5.41, 5.74) is 8.61. The predicted molar refractivity (Wildman–Crippen MR) is 230 cm³/mol. The number of amidine groups is 2. The van der Waals surface area contributed by atoms with Crippen LogP contribution in [-0.4, -0.2) is 16.7 Å². The summed E-state index contributed by atoms with van der Waals surface area (Å²) in [6, 6.07) is 60.1. The molecule has 0 saturated carbocycles. The zero-order valence-electron chi connectivity index (χ0n) is 28.9. The van der Waals surface area contributed by atoms with Crippen LogP contribution in [-0.2, 0) is 0 Å². The van der Waals surface area contributed by atoms with Crippen LogP contribution in [0, 0.1) is 0 Å². The van der Waals surface area contributed by atoms with Gasteiger partial charge in [0.05, 0.1) is 11.2 Å². The highest BCUT2D eigenvalue weighted by atomic mass is 32.1. The molecule has 3 aromatic heterocycles. The number of benzene rings is 7. The van der Waals surface area contributed by atoms with Crippen molar-refractivity contribution < 1.29 is 0 Å². The Bertz CT molecular complexity index is 3120. The summed E-state index contributed by atoms with van der Waals surface area (Å²) < 4.78 is 5.09. The molecular weight excluding hydrogens is 697 g/mol. The van der Waals surface area contributed by atoms with Crippen molar-refractivity contribution >= 4 is 85.6 Å². The number of aromatic nitrogens is 1. The molecular formula is C48H30N4S2. The first kappa shape index (κ1) is 31.1. The zero-order valence-corrected chi connectivity index (χ0v) is 30.5. The van der Waals surface area contributed by atoms with Gasteiger partial charge in [-0.15, -0.1) is 22.7 Å². The standard InChI is InChI=1S/C48H30N4S2/c1-3-12-30(13-4-1)43-42-38-28-33(26-27-41(38)54-45(42)37-17-7-9-20-39(37)49-43)48-51-46(31-14-5-2-6-15-31)50-47(52-48)32-24-22-29(23-25-32)34-18-11-19-36-35-16-8-10-21-40(35)53-44(34)36/h1-28,46H,(H,50,51,52). The number of hydrogen-bond donors (Lipinski definition) is 1. The number of aliphatic imine (C=N–C) groups is 2. The maximum absolute atomic E-state index is 5.24. The van der Waals surface area contributed by atoms with Gasteiger partial charge in [0.1, 0.15) is 12.0 Å². The third-order valence-corrected chi connectivity index (χ3v) is 12.8. The van der Waals surface area contributed by atoms with E-state index in [1.165, 1.54) is 56.9 Å². The summed E-state index contributed by atoms with van der Waals surface area (Å²) in [4.78, 5) is 15.7. The molecule has 0 aliphatic carbocycles. The van der Waals surface area contributed by atoms with Gasteiger partial charge < -0.3 is 5.32 Å². The van der Waals surface area contributed by atoms with Crippen molar-refractivity contribution in [2.24, 2.45) is 9.98 Å². The first-order valence-electron chi connectivity index (χ1n) is 18.0. The Balaban J connectivity index is 1.04. The molecule has 0 radical (unpaired) electrons. The van der Waals surface area contributed by atoms with Crippen LogP contribution < -0.4 is 5.32 Å². The lowest BCUT2D eigenvalue weighted by Gasteiger charge is -2.24. The lowest BCUT2D eigenvalue weighted by molar-refractivity contribution is 0.674. The van der Waals surface area contributed by atoms with Crippen molar-refractivity contribution in [3.63, 3.8) is 0 Å². The first-order chi connectivity index (χ1) is 26.7. The fraction of sp³-hybridized carbons (Fsp3) is 0.0208. The molecule has 10 aromatic rings. The molecule has 6 heteroatoms. The van der Waals surface area contributed by atoms with E-state index in [9.17, 15) is 0 Å². The van der Waals surface area contributed by atoms with Crippen molar-refractivity contribution in [1.82, 2.24) is 10.3 Å². The van der Waals surface area contributed by atoms with E-state index in [0.717, 1.165) is 39.3 Å². The summed E-state index contributed by atoms with van der Waals surface area (Å²) in [7, 11) is 0. The van der Waals surface area contributed by atoms with Crippen LogP contribution in [0.2, 0.25) is 0 Å². The van der Waals surface area contributed by atoms with Gasteiger partial charge in [-0.25, -0.2) is 15.0 Å². The van der Waals surface area contributed by atoms with E-state index in [0.29, 0.717) is 5.84 Å². The van der Waals surface area contributed by atoms with Gasteiger partial charge in [-0.3, -0.25) is 0 Å². The van der Waals surface area contributed by atoms with Crippen molar-refractivity contribution in [2.45, 2.75) is 6.17 Å². The fourth-order valence-electron chi connectivity index (χ4n) is 7.72. The molecule has 7 aromatic carbocycles. The van der Waals surface area contributed by atoms with Crippen LogP contribution in [0.5, 0.6) is 0 Å². The topological polar surface area (TPSA) is 49.6 Å². The molecule has 0 spiro atoms. The van der Waals surface area contributed by atoms with Gasteiger partial charge in [-0.1, -0.05) is 140 Å². The summed E-state index contributed by atoms with van der Waals surface area (Å²) >= 11 is 3.68. The first-order valence-corrected chi connectivity index (χ1v) is 19.7. The number of rotatable bonds is 5. The molecule has 254 valence electrons. The quantitative estimate of drug-likeness (QED) is 0.192. The number of nitrogens with zero attached hydrogens (tertiary/aromatic N) is 3. The largest absolute Gasteiger partial charge is 0.344 e. The maximum atomic E-state index is 5.24. The second-order valence-electron chi connectivity index (χ2n) is 13.6. The highest BCUT2D eigenvalue weighted by Crippen LogP contribution is 2.44. The number of hydrogen-bond acceptors (Lipinski definition) is 6. The molecule has 1 aliphatic rings. The maximum Gasteiger partial charge on any atom is 0.159 e. The van der Waals surface area contributed by atoms with Gasteiger partial charge in [-0.05, 0) is 47.0 Å². The number of pyridine rings is 1. The number of fused-ring (bicyclic) bond motifs is 8. The molecule has 0 fully saturated rings. The summed E-state index contributed by atoms with van der Waals surface area (Å²) in [6.07, 6.45) is -0.291. The third kappa shape index (κ3) is 5.14. The van der Waals surface area contributed by atoms with Crippen molar-refractivity contribution in [1.29, 1.82) is 0 Å². The smallest absolute Gasteiger partial charge is 0.159 e. The van der Waals surface area contributed by atoms with Gasteiger partial charge in [-0.2, -0.15) is 0 Å². The minimum Gasteiger partial charge on any atom is -0.344 e. The lowest BCUT2D eigenvalue weighted by atomic mass is 10.0. The summed E-state index contributed by atoms with van der Waals surface area (Å²) in [5, 5.41) is 9.78. The molecule has 1 unspecified atom stereocenters. The van der Waals surface area contributed by atoms with Gasteiger partial charge in [0, 0.05) is 62.4 Å². The summed E-state index contributed by atoms with van der Waals surface area (Å²) in [6.45, 7) is 0.